The van der Waals surface area contributed by atoms with E-state index in [2.05, 4.69) is 0 Å². The second-order valence-electron chi connectivity index (χ2n) is 4.74. The van der Waals surface area contributed by atoms with Gasteiger partial charge in [0.2, 0.25) is 0 Å². The minimum absolute atomic E-state index is 0.267. The molecule has 116 valence electrons. The van der Waals surface area contributed by atoms with Gasteiger partial charge in [0, 0.05) is 11.6 Å². The maximum Gasteiger partial charge on any atom is 0.270 e. The zero-order valence-electron chi connectivity index (χ0n) is 12.2. The van der Waals surface area contributed by atoms with Gasteiger partial charge in [0.05, 0.1) is 17.7 Å². The second-order valence-corrected chi connectivity index (χ2v) is 6.42. The number of nitrogens with zero attached hydrogens (tertiary/aromatic N) is 1. The Morgan fingerprint density at radius 1 is 1.22 bits per heavy atom. The number of thioether (sulfide) groups is 1. The molecule has 0 unspecified atom stereocenters. The van der Waals surface area contributed by atoms with E-state index in [4.69, 9.17) is 17.0 Å². The number of carbonyl (C=O) groups is 1. The number of hydrogen-bond donors (Lipinski definition) is 0. The van der Waals surface area contributed by atoms with Gasteiger partial charge in [-0.2, -0.15) is 0 Å². The first-order valence-electron chi connectivity index (χ1n) is 6.76. The van der Waals surface area contributed by atoms with Crippen LogP contribution in [0.1, 0.15) is 5.56 Å². The normalized spacial score (nSPS) is 16.3. The second kappa shape index (κ2) is 6.52. The lowest BCUT2D eigenvalue weighted by Crippen LogP contribution is -2.27. The number of carbonyl (C=O) groups excluding carboxylic acids is 1. The van der Waals surface area contributed by atoms with Gasteiger partial charge in [0.1, 0.15) is 11.6 Å². The van der Waals surface area contributed by atoms with E-state index >= 15 is 0 Å². The van der Waals surface area contributed by atoms with Gasteiger partial charge in [0.15, 0.2) is 4.32 Å². The van der Waals surface area contributed by atoms with E-state index in [0.717, 1.165) is 11.8 Å². The van der Waals surface area contributed by atoms with Crippen molar-refractivity contribution in [2.75, 3.05) is 12.0 Å². The van der Waals surface area contributed by atoms with Gasteiger partial charge in [-0.1, -0.05) is 48.2 Å². The Labute approximate surface area is 142 Å². The van der Waals surface area contributed by atoms with E-state index in [1.165, 1.54) is 17.0 Å². The van der Waals surface area contributed by atoms with E-state index in [-0.39, 0.29) is 11.7 Å². The standard InChI is InChI=1S/C17H12FNO2S2/c1-21-13-7-4-6-12(10-13)19-16(20)15(23-17(19)22)9-11-5-2-3-8-14(11)18/h2-10H,1H3/b15-9+. The number of amides is 1. The van der Waals surface area contributed by atoms with Crippen molar-refractivity contribution in [3.8, 4) is 5.75 Å². The topological polar surface area (TPSA) is 29.5 Å². The molecule has 1 fully saturated rings. The maximum absolute atomic E-state index is 13.8. The fourth-order valence-electron chi connectivity index (χ4n) is 2.17. The Bertz CT molecular complexity index is 820. The van der Waals surface area contributed by atoms with Crippen LogP contribution < -0.4 is 9.64 Å². The van der Waals surface area contributed by atoms with E-state index in [1.807, 2.05) is 0 Å². The number of methoxy groups -OCH3 is 1. The highest BCUT2D eigenvalue weighted by Gasteiger charge is 2.33. The molecule has 23 heavy (non-hydrogen) atoms. The molecule has 3 rings (SSSR count). The van der Waals surface area contributed by atoms with Crippen molar-refractivity contribution in [1.29, 1.82) is 0 Å². The molecular weight excluding hydrogens is 333 g/mol. The highest BCUT2D eigenvalue weighted by molar-refractivity contribution is 8.27. The number of rotatable bonds is 3. The van der Waals surface area contributed by atoms with Gasteiger partial charge in [0.25, 0.3) is 5.91 Å². The van der Waals surface area contributed by atoms with Crippen LogP contribution in [0, 0.1) is 5.82 Å². The number of halogens is 1. The van der Waals surface area contributed by atoms with Gasteiger partial charge in [-0.3, -0.25) is 9.69 Å². The van der Waals surface area contributed by atoms with Crippen LogP contribution >= 0.6 is 24.0 Å². The lowest BCUT2D eigenvalue weighted by atomic mass is 10.2. The van der Waals surface area contributed by atoms with Crippen LogP contribution in [0.2, 0.25) is 0 Å². The molecule has 6 heteroatoms. The molecule has 1 aliphatic rings. The monoisotopic (exact) mass is 345 g/mol. The summed E-state index contributed by atoms with van der Waals surface area (Å²) in [5, 5.41) is 0. The van der Waals surface area contributed by atoms with Crippen LogP contribution in [0.25, 0.3) is 6.08 Å². The van der Waals surface area contributed by atoms with Crippen LogP contribution in [0.4, 0.5) is 10.1 Å². The first-order valence-corrected chi connectivity index (χ1v) is 7.99. The lowest BCUT2D eigenvalue weighted by Gasteiger charge is -2.15. The molecule has 1 aliphatic heterocycles. The number of thiocarbonyl (C=S) groups is 1. The average Bonchev–Trinajstić information content (AvgIpc) is 2.83. The third-order valence-electron chi connectivity index (χ3n) is 3.30. The Morgan fingerprint density at radius 2 is 2.00 bits per heavy atom. The molecular formula is C17H12FNO2S2. The smallest absolute Gasteiger partial charge is 0.270 e. The Hall–Kier alpha value is -2.18. The van der Waals surface area contributed by atoms with Crippen LogP contribution in [-0.2, 0) is 4.79 Å². The number of anilines is 1. The summed E-state index contributed by atoms with van der Waals surface area (Å²) in [7, 11) is 1.56. The van der Waals surface area contributed by atoms with Crippen molar-refractivity contribution < 1.29 is 13.9 Å². The predicted octanol–water partition coefficient (Wildman–Crippen LogP) is 4.24. The average molecular weight is 345 g/mol. The number of hydrogen-bond acceptors (Lipinski definition) is 4. The molecule has 0 radical (unpaired) electrons. The summed E-state index contributed by atoms with van der Waals surface area (Å²) in [5.74, 6) is -0.00899. The fourth-order valence-corrected chi connectivity index (χ4v) is 3.46. The molecule has 0 aliphatic carbocycles. The van der Waals surface area contributed by atoms with E-state index in [1.54, 1.807) is 49.6 Å². The Morgan fingerprint density at radius 3 is 2.74 bits per heavy atom. The Balaban J connectivity index is 1.95. The molecule has 0 saturated carbocycles. The van der Waals surface area contributed by atoms with Gasteiger partial charge in [-0.05, 0) is 24.3 Å². The van der Waals surface area contributed by atoms with Crippen LogP contribution in [0.3, 0.4) is 0 Å². The SMILES string of the molecule is COc1cccc(N2C(=O)/C(=C\c3ccccc3F)SC2=S)c1. The quantitative estimate of drug-likeness (QED) is 0.615. The van der Waals surface area contributed by atoms with E-state index < -0.39 is 0 Å². The zero-order chi connectivity index (χ0) is 16.4. The minimum Gasteiger partial charge on any atom is -0.497 e. The maximum atomic E-state index is 13.8. The molecule has 0 aromatic heterocycles. The third kappa shape index (κ3) is 3.13. The summed E-state index contributed by atoms with van der Waals surface area (Å²) in [5.41, 5.74) is 0.988. The lowest BCUT2D eigenvalue weighted by molar-refractivity contribution is -0.113. The van der Waals surface area contributed by atoms with Crippen molar-refractivity contribution in [3.63, 3.8) is 0 Å². The first kappa shape index (κ1) is 15.7. The summed E-state index contributed by atoms with van der Waals surface area (Å²) >= 11 is 6.45. The minimum atomic E-state index is -0.376. The number of benzene rings is 2. The van der Waals surface area contributed by atoms with Crippen LogP contribution in [-0.4, -0.2) is 17.3 Å². The molecule has 1 amide bonds. The van der Waals surface area contributed by atoms with E-state index in [9.17, 15) is 9.18 Å². The van der Waals surface area contributed by atoms with Gasteiger partial charge < -0.3 is 4.74 Å². The molecule has 3 nitrogen and oxygen atoms in total. The summed E-state index contributed by atoms with van der Waals surface area (Å²) in [4.78, 5) is 14.4. The zero-order valence-corrected chi connectivity index (χ0v) is 13.8. The summed E-state index contributed by atoms with van der Waals surface area (Å²) < 4.78 is 19.3. The molecule has 1 saturated heterocycles. The number of ether oxygens (including phenoxy) is 1. The Kier molecular flexibility index (Phi) is 4.45. The van der Waals surface area contributed by atoms with Gasteiger partial charge >= 0.3 is 0 Å². The molecule has 0 atom stereocenters. The molecule has 0 bridgehead atoms. The van der Waals surface area contributed by atoms with Gasteiger partial charge in [-0.25, -0.2) is 4.39 Å². The first-order chi connectivity index (χ1) is 11.1. The molecule has 1 heterocycles. The van der Waals surface area contributed by atoms with Crippen molar-refractivity contribution in [2.24, 2.45) is 0 Å². The fraction of sp³-hybridized carbons (Fsp3) is 0.0588. The van der Waals surface area contributed by atoms with Crippen LogP contribution in [0.5, 0.6) is 5.75 Å². The van der Waals surface area contributed by atoms with Crippen molar-refractivity contribution in [2.45, 2.75) is 0 Å². The summed E-state index contributed by atoms with van der Waals surface area (Å²) in [6.07, 6.45) is 1.52. The van der Waals surface area contributed by atoms with Crippen molar-refractivity contribution in [3.05, 3.63) is 64.8 Å². The molecule has 0 spiro atoms. The van der Waals surface area contributed by atoms with Gasteiger partial charge in [-0.15, -0.1) is 0 Å². The molecule has 2 aromatic carbocycles. The summed E-state index contributed by atoms with van der Waals surface area (Å²) in [6, 6.07) is 13.4. The van der Waals surface area contributed by atoms with E-state index in [0.29, 0.717) is 26.2 Å². The van der Waals surface area contributed by atoms with Crippen LogP contribution in [0.15, 0.2) is 53.4 Å². The van der Waals surface area contributed by atoms with Crippen molar-refractivity contribution in [1.82, 2.24) is 0 Å². The predicted molar refractivity (Wildman–Crippen MR) is 95.0 cm³/mol. The molecule has 2 aromatic rings. The third-order valence-corrected chi connectivity index (χ3v) is 4.60. The molecule has 0 N–H and O–H groups in total. The summed E-state index contributed by atoms with van der Waals surface area (Å²) in [6.45, 7) is 0. The van der Waals surface area contributed by atoms with Crippen molar-refractivity contribution >= 4 is 46.0 Å². The largest absolute Gasteiger partial charge is 0.497 e. The highest BCUT2D eigenvalue weighted by Crippen LogP contribution is 2.37. The highest BCUT2D eigenvalue weighted by atomic mass is 32.2.